The monoisotopic (exact) mass is 145 g/mol. The highest BCUT2D eigenvalue weighted by molar-refractivity contribution is 7.99. The van der Waals surface area contributed by atoms with Gasteiger partial charge in [-0.25, -0.2) is 0 Å². The zero-order valence-corrected chi connectivity index (χ0v) is 6.79. The first-order chi connectivity index (χ1) is 4.41. The minimum atomic E-state index is 0.673. The maximum Gasteiger partial charge on any atom is 0.0113 e. The molecule has 2 heteroatoms. The Morgan fingerprint density at radius 2 is 2.22 bits per heavy atom. The van der Waals surface area contributed by atoms with E-state index in [0.717, 1.165) is 5.75 Å². The van der Waals surface area contributed by atoms with Gasteiger partial charge >= 0.3 is 0 Å². The van der Waals surface area contributed by atoms with Gasteiger partial charge in [0.2, 0.25) is 0 Å². The van der Waals surface area contributed by atoms with Crippen molar-refractivity contribution in [2.75, 3.05) is 18.1 Å². The van der Waals surface area contributed by atoms with E-state index in [0.29, 0.717) is 6.54 Å². The second kappa shape index (κ2) is 8.05. The van der Waals surface area contributed by atoms with E-state index < -0.39 is 0 Å². The Morgan fingerprint density at radius 3 is 2.78 bits per heavy atom. The molecule has 0 saturated heterocycles. The highest BCUT2D eigenvalue weighted by Crippen LogP contribution is 2.00. The van der Waals surface area contributed by atoms with Crippen molar-refractivity contribution in [3.63, 3.8) is 0 Å². The third-order valence-corrected chi connectivity index (χ3v) is 1.99. The van der Waals surface area contributed by atoms with E-state index >= 15 is 0 Å². The standard InChI is InChI=1S/C7H15NS/c1-2-6-9-7-4-3-5-8/h3-4H,2,5-8H2,1H3. The molecule has 0 fully saturated rings. The molecule has 0 rings (SSSR count). The van der Waals surface area contributed by atoms with Crippen LogP contribution in [-0.2, 0) is 0 Å². The number of nitrogens with two attached hydrogens (primary N) is 1. The molecule has 0 aliphatic rings. The first kappa shape index (κ1) is 9.05. The van der Waals surface area contributed by atoms with Crippen LogP contribution in [0, 0.1) is 0 Å². The number of hydrogen-bond acceptors (Lipinski definition) is 2. The predicted octanol–water partition coefficient (Wildman–Crippen LogP) is 1.64. The Labute approximate surface area is 61.7 Å². The minimum Gasteiger partial charge on any atom is -0.327 e. The molecule has 0 aliphatic heterocycles. The second-order valence-corrected chi connectivity index (χ2v) is 2.93. The van der Waals surface area contributed by atoms with Crippen LogP contribution in [0.4, 0.5) is 0 Å². The predicted molar refractivity (Wildman–Crippen MR) is 45.8 cm³/mol. The van der Waals surface area contributed by atoms with Crippen LogP contribution in [0.15, 0.2) is 12.2 Å². The molecule has 0 bridgehead atoms. The average molecular weight is 145 g/mol. The van der Waals surface area contributed by atoms with Crippen molar-refractivity contribution in [1.82, 2.24) is 0 Å². The van der Waals surface area contributed by atoms with Crippen LogP contribution in [0.2, 0.25) is 0 Å². The molecular weight excluding hydrogens is 130 g/mol. The largest absolute Gasteiger partial charge is 0.327 e. The summed E-state index contributed by atoms with van der Waals surface area (Å²) in [6, 6.07) is 0. The van der Waals surface area contributed by atoms with Crippen LogP contribution in [0.25, 0.3) is 0 Å². The summed E-state index contributed by atoms with van der Waals surface area (Å²) in [4.78, 5) is 0. The molecule has 0 aliphatic carbocycles. The van der Waals surface area contributed by atoms with E-state index in [1.54, 1.807) is 0 Å². The lowest BCUT2D eigenvalue weighted by Crippen LogP contribution is -1.92. The van der Waals surface area contributed by atoms with Crippen LogP contribution in [0.5, 0.6) is 0 Å². The maximum atomic E-state index is 5.25. The fourth-order valence-corrected chi connectivity index (χ4v) is 1.19. The van der Waals surface area contributed by atoms with Gasteiger partial charge in [0.05, 0.1) is 0 Å². The minimum absolute atomic E-state index is 0.673. The molecule has 2 N–H and O–H groups in total. The molecular formula is C7H15NS. The summed E-state index contributed by atoms with van der Waals surface area (Å²) in [5, 5.41) is 0. The van der Waals surface area contributed by atoms with Crippen molar-refractivity contribution in [2.24, 2.45) is 5.73 Å². The average Bonchev–Trinajstić information content (AvgIpc) is 1.89. The third-order valence-electron chi connectivity index (χ3n) is 0.865. The molecule has 1 nitrogen and oxygen atoms in total. The van der Waals surface area contributed by atoms with Gasteiger partial charge in [0, 0.05) is 12.3 Å². The van der Waals surface area contributed by atoms with E-state index in [-0.39, 0.29) is 0 Å². The highest BCUT2D eigenvalue weighted by atomic mass is 32.2. The van der Waals surface area contributed by atoms with Crippen LogP contribution in [-0.4, -0.2) is 18.1 Å². The highest BCUT2D eigenvalue weighted by Gasteiger charge is 1.79. The molecule has 54 valence electrons. The van der Waals surface area contributed by atoms with Crippen molar-refractivity contribution in [2.45, 2.75) is 13.3 Å². The SMILES string of the molecule is CCCSCC=CCN. The molecule has 0 amide bonds. The van der Waals surface area contributed by atoms with Gasteiger partial charge in [-0.3, -0.25) is 0 Å². The molecule has 0 unspecified atom stereocenters. The molecule has 0 heterocycles. The van der Waals surface area contributed by atoms with Crippen LogP contribution < -0.4 is 5.73 Å². The van der Waals surface area contributed by atoms with Gasteiger partial charge in [-0.2, -0.15) is 11.8 Å². The lowest BCUT2D eigenvalue weighted by Gasteiger charge is -1.90. The second-order valence-electron chi connectivity index (χ2n) is 1.78. The summed E-state index contributed by atoms with van der Waals surface area (Å²) >= 11 is 1.95. The summed E-state index contributed by atoms with van der Waals surface area (Å²) in [6.07, 6.45) is 5.39. The van der Waals surface area contributed by atoms with Crippen LogP contribution >= 0.6 is 11.8 Å². The molecule has 0 radical (unpaired) electrons. The van der Waals surface area contributed by atoms with Crippen molar-refractivity contribution < 1.29 is 0 Å². The first-order valence-corrected chi connectivity index (χ1v) is 4.50. The van der Waals surface area contributed by atoms with Crippen molar-refractivity contribution in [1.29, 1.82) is 0 Å². The summed E-state index contributed by atoms with van der Waals surface area (Å²) in [6.45, 7) is 2.87. The fraction of sp³-hybridized carbons (Fsp3) is 0.714. The molecule has 0 aromatic carbocycles. The van der Waals surface area contributed by atoms with Gasteiger partial charge in [0.25, 0.3) is 0 Å². The Balaban J connectivity index is 2.82. The topological polar surface area (TPSA) is 26.0 Å². The Bertz CT molecular complexity index is 71.3. The van der Waals surface area contributed by atoms with Crippen molar-refractivity contribution in [3.05, 3.63) is 12.2 Å². The van der Waals surface area contributed by atoms with E-state index in [1.807, 2.05) is 17.8 Å². The molecule has 0 aromatic heterocycles. The molecule has 9 heavy (non-hydrogen) atoms. The molecule has 0 aromatic rings. The lowest BCUT2D eigenvalue weighted by atomic mass is 10.5. The van der Waals surface area contributed by atoms with Crippen molar-refractivity contribution in [3.8, 4) is 0 Å². The fourth-order valence-electron chi connectivity index (χ4n) is 0.460. The van der Waals surface area contributed by atoms with Crippen molar-refractivity contribution >= 4 is 11.8 Å². The van der Waals surface area contributed by atoms with Gasteiger partial charge in [0.1, 0.15) is 0 Å². The summed E-state index contributed by atoms with van der Waals surface area (Å²) < 4.78 is 0. The van der Waals surface area contributed by atoms with Gasteiger partial charge in [-0.05, 0) is 12.2 Å². The molecule has 0 spiro atoms. The summed E-state index contributed by atoms with van der Waals surface area (Å²) in [5.74, 6) is 2.37. The normalized spacial score (nSPS) is 10.9. The lowest BCUT2D eigenvalue weighted by molar-refractivity contribution is 1.11. The van der Waals surface area contributed by atoms with E-state index in [9.17, 15) is 0 Å². The zero-order chi connectivity index (χ0) is 6.95. The van der Waals surface area contributed by atoms with Gasteiger partial charge < -0.3 is 5.73 Å². The molecule has 0 saturated carbocycles. The Kier molecular flexibility index (Phi) is 8.09. The van der Waals surface area contributed by atoms with Crippen LogP contribution in [0.1, 0.15) is 13.3 Å². The quantitative estimate of drug-likeness (QED) is 0.470. The maximum absolute atomic E-state index is 5.25. The van der Waals surface area contributed by atoms with Gasteiger partial charge in [-0.1, -0.05) is 19.1 Å². The summed E-state index contributed by atoms with van der Waals surface area (Å²) in [5.41, 5.74) is 5.25. The van der Waals surface area contributed by atoms with Crippen LogP contribution in [0.3, 0.4) is 0 Å². The number of rotatable bonds is 5. The van der Waals surface area contributed by atoms with Gasteiger partial charge in [-0.15, -0.1) is 0 Å². The zero-order valence-electron chi connectivity index (χ0n) is 5.97. The third kappa shape index (κ3) is 8.05. The number of thioether (sulfide) groups is 1. The van der Waals surface area contributed by atoms with E-state index in [1.165, 1.54) is 12.2 Å². The summed E-state index contributed by atoms with van der Waals surface area (Å²) in [7, 11) is 0. The van der Waals surface area contributed by atoms with Gasteiger partial charge in [0.15, 0.2) is 0 Å². The molecule has 0 atom stereocenters. The van der Waals surface area contributed by atoms with E-state index in [2.05, 4.69) is 13.0 Å². The Morgan fingerprint density at radius 1 is 1.44 bits per heavy atom. The van der Waals surface area contributed by atoms with E-state index in [4.69, 9.17) is 5.73 Å². The Hall–Kier alpha value is 0.0500. The first-order valence-electron chi connectivity index (χ1n) is 3.34. The number of hydrogen-bond donors (Lipinski definition) is 1. The smallest absolute Gasteiger partial charge is 0.0113 e.